The molecule has 0 radical (unpaired) electrons. The van der Waals surface area contributed by atoms with Gasteiger partial charge in [0.25, 0.3) is 5.69 Å². The molecular formula is C13H7F2N3O2. The quantitative estimate of drug-likeness (QED) is 0.687. The lowest BCUT2D eigenvalue weighted by Gasteiger charge is -2.08. The van der Waals surface area contributed by atoms with Crippen LogP contribution in [0.4, 0.5) is 25.8 Å². The summed E-state index contributed by atoms with van der Waals surface area (Å²) in [7, 11) is 0. The van der Waals surface area contributed by atoms with Gasteiger partial charge in [0.1, 0.15) is 29.0 Å². The minimum Gasteiger partial charge on any atom is -0.351 e. The van der Waals surface area contributed by atoms with Crippen molar-refractivity contribution in [1.29, 1.82) is 5.26 Å². The molecule has 100 valence electrons. The molecule has 0 aliphatic heterocycles. The van der Waals surface area contributed by atoms with Gasteiger partial charge in [-0.3, -0.25) is 10.1 Å². The van der Waals surface area contributed by atoms with Crippen LogP contribution in [0.15, 0.2) is 36.4 Å². The zero-order chi connectivity index (χ0) is 14.7. The van der Waals surface area contributed by atoms with Gasteiger partial charge in [0.2, 0.25) is 0 Å². The first-order valence-corrected chi connectivity index (χ1v) is 5.42. The maximum atomic E-state index is 13.5. The van der Waals surface area contributed by atoms with Crippen molar-refractivity contribution in [3.05, 3.63) is 63.7 Å². The van der Waals surface area contributed by atoms with Gasteiger partial charge < -0.3 is 5.32 Å². The predicted octanol–water partition coefficient (Wildman–Crippen LogP) is 3.49. The molecule has 0 saturated carbocycles. The highest BCUT2D eigenvalue weighted by Crippen LogP contribution is 2.27. The van der Waals surface area contributed by atoms with E-state index in [1.165, 1.54) is 18.2 Å². The average molecular weight is 275 g/mol. The number of nitro benzene ring substituents is 1. The van der Waals surface area contributed by atoms with Crippen molar-refractivity contribution in [2.45, 2.75) is 0 Å². The maximum absolute atomic E-state index is 13.5. The summed E-state index contributed by atoms with van der Waals surface area (Å²) in [5.41, 5.74) is -0.866. The van der Waals surface area contributed by atoms with E-state index in [2.05, 4.69) is 5.32 Å². The van der Waals surface area contributed by atoms with Crippen LogP contribution < -0.4 is 5.32 Å². The lowest BCUT2D eigenvalue weighted by molar-refractivity contribution is -0.385. The summed E-state index contributed by atoms with van der Waals surface area (Å²) in [5, 5.41) is 22.0. The van der Waals surface area contributed by atoms with Gasteiger partial charge >= 0.3 is 0 Å². The Kier molecular flexibility index (Phi) is 3.57. The van der Waals surface area contributed by atoms with E-state index in [1.807, 2.05) is 0 Å². The van der Waals surface area contributed by atoms with E-state index in [1.54, 1.807) is 6.07 Å². The first kappa shape index (κ1) is 13.4. The summed E-state index contributed by atoms with van der Waals surface area (Å²) >= 11 is 0. The van der Waals surface area contributed by atoms with E-state index in [0.29, 0.717) is 0 Å². The minimum absolute atomic E-state index is 0.111. The Morgan fingerprint density at radius 1 is 1.20 bits per heavy atom. The second-order valence-corrected chi connectivity index (χ2v) is 3.82. The highest BCUT2D eigenvalue weighted by Gasteiger charge is 2.15. The normalized spacial score (nSPS) is 9.85. The molecule has 20 heavy (non-hydrogen) atoms. The van der Waals surface area contributed by atoms with Crippen molar-refractivity contribution in [2.75, 3.05) is 5.32 Å². The molecule has 2 rings (SSSR count). The lowest BCUT2D eigenvalue weighted by atomic mass is 10.1. The molecule has 0 aromatic heterocycles. The molecule has 2 aromatic carbocycles. The van der Waals surface area contributed by atoms with Crippen molar-refractivity contribution >= 4 is 17.1 Å². The van der Waals surface area contributed by atoms with Crippen molar-refractivity contribution in [3.8, 4) is 6.07 Å². The van der Waals surface area contributed by atoms with Gasteiger partial charge in [0.15, 0.2) is 0 Å². The number of benzene rings is 2. The third kappa shape index (κ3) is 2.54. The van der Waals surface area contributed by atoms with Crippen LogP contribution in [-0.4, -0.2) is 4.92 Å². The molecule has 0 aliphatic carbocycles. The van der Waals surface area contributed by atoms with Crippen LogP contribution in [0.5, 0.6) is 0 Å². The van der Waals surface area contributed by atoms with E-state index >= 15 is 0 Å². The van der Waals surface area contributed by atoms with Crippen molar-refractivity contribution in [2.24, 2.45) is 0 Å². The Bertz CT molecular complexity index is 706. The van der Waals surface area contributed by atoms with E-state index in [0.717, 1.165) is 18.2 Å². The number of halogens is 2. The zero-order valence-electron chi connectivity index (χ0n) is 9.93. The van der Waals surface area contributed by atoms with Crippen molar-refractivity contribution in [1.82, 2.24) is 0 Å². The van der Waals surface area contributed by atoms with Crippen LogP contribution in [0.2, 0.25) is 0 Å². The van der Waals surface area contributed by atoms with Gasteiger partial charge in [-0.25, -0.2) is 8.78 Å². The second kappa shape index (κ2) is 5.32. The SMILES string of the molecule is N#Cc1ccc(Nc2c(F)cccc2F)cc1[N+](=O)[O-]. The summed E-state index contributed by atoms with van der Waals surface area (Å²) in [6.07, 6.45) is 0. The van der Waals surface area contributed by atoms with Crippen LogP contribution in [0.3, 0.4) is 0 Å². The van der Waals surface area contributed by atoms with Crippen LogP contribution in [0.1, 0.15) is 5.56 Å². The van der Waals surface area contributed by atoms with Crippen LogP contribution in [0, 0.1) is 33.1 Å². The Hall–Kier alpha value is -3.01. The number of para-hydroxylation sites is 1. The summed E-state index contributed by atoms with van der Waals surface area (Å²) in [6.45, 7) is 0. The highest BCUT2D eigenvalue weighted by atomic mass is 19.1. The number of rotatable bonds is 3. The van der Waals surface area contributed by atoms with E-state index in [9.17, 15) is 18.9 Å². The van der Waals surface area contributed by atoms with Crippen molar-refractivity contribution < 1.29 is 13.7 Å². The molecule has 5 nitrogen and oxygen atoms in total. The van der Waals surface area contributed by atoms with Gasteiger partial charge in [-0.1, -0.05) is 6.07 Å². The molecule has 1 N–H and O–H groups in total. The topological polar surface area (TPSA) is 79.0 Å². The molecule has 0 saturated heterocycles. The number of nitrogens with one attached hydrogen (secondary N) is 1. The van der Waals surface area contributed by atoms with Gasteiger partial charge in [-0.05, 0) is 24.3 Å². The Morgan fingerprint density at radius 3 is 2.40 bits per heavy atom. The first-order valence-electron chi connectivity index (χ1n) is 5.42. The molecule has 7 heteroatoms. The van der Waals surface area contributed by atoms with E-state index < -0.39 is 27.9 Å². The third-order valence-electron chi connectivity index (χ3n) is 2.55. The molecule has 0 bridgehead atoms. The fourth-order valence-corrected chi connectivity index (χ4v) is 1.62. The van der Waals surface area contributed by atoms with Crippen LogP contribution in [0.25, 0.3) is 0 Å². The van der Waals surface area contributed by atoms with Crippen LogP contribution >= 0.6 is 0 Å². The molecule has 0 unspecified atom stereocenters. The molecule has 0 atom stereocenters. The van der Waals surface area contributed by atoms with Gasteiger partial charge in [0.05, 0.1) is 4.92 Å². The first-order chi connectivity index (χ1) is 9.52. The van der Waals surface area contributed by atoms with E-state index in [4.69, 9.17) is 5.26 Å². The standard InChI is InChI=1S/C13H7F2N3O2/c14-10-2-1-3-11(15)13(10)17-9-5-4-8(7-16)12(6-9)18(19)20/h1-6,17H. The number of nitro groups is 1. The second-order valence-electron chi connectivity index (χ2n) is 3.82. The predicted molar refractivity (Wildman–Crippen MR) is 67.5 cm³/mol. The Labute approximate surface area is 112 Å². The van der Waals surface area contributed by atoms with Gasteiger partial charge in [0, 0.05) is 11.8 Å². The van der Waals surface area contributed by atoms with Gasteiger partial charge in [-0.15, -0.1) is 0 Å². The molecule has 0 amide bonds. The maximum Gasteiger partial charge on any atom is 0.289 e. The Balaban J connectivity index is 2.43. The Morgan fingerprint density at radius 2 is 1.85 bits per heavy atom. The lowest BCUT2D eigenvalue weighted by Crippen LogP contribution is -1.99. The van der Waals surface area contributed by atoms with Crippen LogP contribution in [-0.2, 0) is 0 Å². The summed E-state index contributed by atoms with van der Waals surface area (Å²) in [4.78, 5) is 10.1. The van der Waals surface area contributed by atoms with E-state index in [-0.39, 0.29) is 11.3 Å². The molecule has 0 fully saturated rings. The average Bonchev–Trinajstić information content (AvgIpc) is 2.43. The highest BCUT2D eigenvalue weighted by molar-refractivity contribution is 5.66. The molecular weight excluding hydrogens is 268 g/mol. The number of anilines is 2. The van der Waals surface area contributed by atoms with Gasteiger partial charge in [-0.2, -0.15) is 5.26 Å². The third-order valence-corrected chi connectivity index (χ3v) is 2.55. The number of hydrogen-bond acceptors (Lipinski definition) is 4. The fraction of sp³-hybridized carbons (Fsp3) is 0. The molecule has 0 spiro atoms. The van der Waals surface area contributed by atoms with Crippen molar-refractivity contribution in [3.63, 3.8) is 0 Å². The summed E-state index contributed by atoms with van der Waals surface area (Å²) < 4.78 is 26.9. The smallest absolute Gasteiger partial charge is 0.289 e. The number of nitrogens with zero attached hydrogens (tertiary/aromatic N) is 2. The monoisotopic (exact) mass is 275 g/mol. The fourth-order valence-electron chi connectivity index (χ4n) is 1.62. The summed E-state index contributed by atoms with van der Waals surface area (Å²) in [5.74, 6) is -1.64. The molecule has 0 aliphatic rings. The minimum atomic E-state index is -0.822. The number of nitriles is 1. The number of hydrogen-bond donors (Lipinski definition) is 1. The summed E-state index contributed by atoms with van der Waals surface area (Å²) in [6, 6.07) is 8.58. The largest absolute Gasteiger partial charge is 0.351 e. The molecule has 0 heterocycles. The zero-order valence-corrected chi connectivity index (χ0v) is 9.93. The molecule has 2 aromatic rings.